The largest absolute Gasteiger partial charge is 0.593 e. The molecule has 0 bridgehead atoms. The van der Waals surface area contributed by atoms with Gasteiger partial charge in [-0.3, -0.25) is 18.9 Å². The number of carbonyl (C=O) groups excluding carboxylic acids is 1. The molecule has 46 heavy (non-hydrogen) atoms. The van der Waals surface area contributed by atoms with Gasteiger partial charge in [-0.1, -0.05) is 50.9 Å². The lowest BCUT2D eigenvalue weighted by molar-refractivity contribution is -0.133. The van der Waals surface area contributed by atoms with Crippen molar-refractivity contribution in [3.63, 3.8) is 0 Å². The summed E-state index contributed by atoms with van der Waals surface area (Å²) in [5.41, 5.74) is 1.67. The summed E-state index contributed by atoms with van der Waals surface area (Å²) in [4.78, 5) is 25.7. The second-order valence-corrected chi connectivity index (χ2v) is 14.0. The summed E-state index contributed by atoms with van der Waals surface area (Å²) in [6.45, 7) is 2.04. The molecule has 2 unspecified atom stereocenters. The topological polar surface area (TPSA) is 151 Å². The van der Waals surface area contributed by atoms with Crippen LogP contribution in [0.2, 0.25) is 0 Å². The molecular formula is C33H31N5O6S2. The first kappa shape index (κ1) is 31.5. The van der Waals surface area contributed by atoms with Crippen molar-refractivity contribution in [1.82, 2.24) is 19.6 Å². The molecule has 0 radical (unpaired) electrons. The highest BCUT2D eigenvalue weighted by Crippen LogP contribution is 2.27. The fourth-order valence-electron chi connectivity index (χ4n) is 5.39. The normalized spacial score (nSPS) is 16.7. The van der Waals surface area contributed by atoms with Crippen LogP contribution in [0.5, 0.6) is 5.75 Å². The zero-order chi connectivity index (χ0) is 32.1. The molecule has 1 amide bonds. The van der Waals surface area contributed by atoms with Gasteiger partial charge in [-0.25, -0.2) is 0 Å². The van der Waals surface area contributed by atoms with Gasteiger partial charge in [-0.05, 0) is 48.0 Å². The van der Waals surface area contributed by atoms with E-state index in [1.54, 1.807) is 41.4 Å². The van der Waals surface area contributed by atoms with Gasteiger partial charge in [0, 0.05) is 73.7 Å². The summed E-state index contributed by atoms with van der Waals surface area (Å²) in [5, 5.41) is 1.14. The molecule has 1 fully saturated rings. The van der Waals surface area contributed by atoms with Crippen LogP contribution in [0.3, 0.4) is 0 Å². The molecule has 2 aromatic heterocycles. The zero-order valence-electron chi connectivity index (χ0n) is 24.6. The van der Waals surface area contributed by atoms with Crippen LogP contribution in [0.4, 0.5) is 5.69 Å². The first-order valence-electron chi connectivity index (χ1n) is 14.6. The van der Waals surface area contributed by atoms with Crippen molar-refractivity contribution in [2.75, 3.05) is 31.1 Å². The number of sulfonamides is 1. The van der Waals surface area contributed by atoms with E-state index in [2.05, 4.69) is 19.6 Å². The first-order valence-corrected chi connectivity index (χ1v) is 17.5. The number of piperazine rings is 1. The smallest absolute Gasteiger partial charge is 0.270 e. The molecule has 1 aliphatic rings. The maximum Gasteiger partial charge on any atom is 0.270 e. The van der Waals surface area contributed by atoms with E-state index in [0.717, 1.165) is 5.69 Å². The third-order valence-corrected chi connectivity index (χ3v) is 10.5. The Morgan fingerprint density at radius 3 is 2.28 bits per heavy atom. The van der Waals surface area contributed by atoms with Crippen molar-refractivity contribution in [2.24, 2.45) is 0 Å². The third kappa shape index (κ3) is 7.14. The van der Waals surface area contributed by atoms with E-state index >= 15 is 0 Å². The van der Waals surface area contributed by atoms with Crippen molar-refractivity contribution in [3.8, 4) is 5.75 Å². The van der Waals surface area contributed by atoms with E-state index < -0.39 is 26.9 Å². The maximum atomic E-state index is 14.0. The molecule has 6 rings (SSSR count). The average molecular weight is 658 g/mol. The van der Waals surface area contributed by atoms with Crippen LogP contribution in [-0.4, -0.2) is 62.1 Å². The Kier molecular flexibility index (Phi) is 9.20. The van der Waals surface area contributed by atoms with Crippen LogP contribution in [0.15, 0.2) is 126 Å². The summed E-state index contributed by atoms with van der Waals surface area (Å²) in [6, 6.07) is 24.3. The number of benzene rings is 3. The van der Waals surface area contributed by atoms with Crippen LogP contribution >= 0.6 is 0 Å². The second kappa shape index (κ2) is 13.4. The van der Waals surface area contributed by atoms with Crippen LogP contribution < -0.4 is 13.8 Å². The lowest BCUT2D eigenvalue weighted by atomic mass is 10.0. The van der Waals surface area contributed by atoms with E-state index in [-0.39, 0.29) is 27.9 Å². The number of para-hydroxylation sites is 1. The molecule has 1 aliphatic heterocycles. The minimum absolute atomic E-state index is 0.0267. The van der Waals surface area contributed by atoms with E-state index in [4.69, 9.17) is 4.18 Å². The third-order valence-electron chi connectivity index (χ3n) is 7.73. The fraction of sp³-hybridized carbons (Fsp3) is 0.182. The highest BCUT2D eigenvalue weighted by molar-refractivity contribution is 7.96. The lowest BCUT2D eigenvalue weighted by Crippen LogP contribution is -2.56. The van der Waals surface area contributed by atoms with E-state index in [1.807, 2.05) is 30.3 Å². The summed E-state index contributed by atoms with van der Waals surface area (Å²) >= 11 is 0. The van der Waals surface area contributed by atoms with Gasteiger partial charge < -0.3 is 18.9 Å². The highest BCUT2D eigenvalue weighted by atomic mass is 32.3. The molecule has 11 nitrogen and oxygen atoms in total. The summed E-state index contributed by atoms with van der Waals surface area (Å²) < 4.78 is 60.8. The van der Waals surface area contributed by atoms with Crippen LogP contribution in [-0.2, 0) is 40.5 Å². The van der Waals surface area contributed by atoms with Gasteiger partial charge in [0.15, 0.2) is 21.0 Å². The SMILES string of the molecule is O=C([C@H](Cc1ccc(O[S+](=O)([O-])c2cccnc2)cc1)N[S+](=O)([O-])c1cccc2cnccc12)N1CCN(c2ccccc2)CC1. The number of fused-ring (bicyclic) bond motifs is 1. The van der Waals surface area contributed by atoms with Crippen molar-refractivity contribution < 1.29 is 26.5 Å². The van der Waals surface area contributed by atoms with Crippen molar-refractivity contribution in [1.29, 1.82) is 0 Å². The number of rotatable bonds is 10. The number of hydrogen-bond donors (Lipinski definition) is 1. The van der Waals surface area contributed by atoms with Gasteiger partial charge in [-0.15, -0.1) is 4.72 Å². The number of anilines is 1. The Hall–Kier alpha value is -4.53. The minimum Gasteiger partial charge on any atom is -0.593 e. The van der Waals surface area contributed by atoms with Crippen LogP contribution in [0, 0.1) is 0 Å². The fourth-order valence-corrected chi connectivity index (χ4v) is 7.70. The van der Waals surface area contributed by atoms with E-state index in [1.165, 1.54) is 48.9 Å². The van der Waals surface area contributed by atoms with Crippen LogP contribution in [0.1, 0.15) is 5.56 Å². The molecular weight excluding hydrogens is 627 g/mol. The molecule has 3 heterocycles. The van der Waals surface area contributed by atoms with Gasteiger partial charge in [0.2, 0.25) is 10.8 Å². The predicted octanol–water partition coefficient (Wildman–Crippen LogP) is 4.07. The van der Waals surface area contributed by atoms with Gasteiger partial charge >= 0.3 is 0 Å². The minimum atomic E-state index is -4.15. The number of hydrogen-bond acceptors (Lipinski definition) is 9. The number of aromatic nitrogens is 2. The highest BCUT2D eigenvalue weighted by Gasteiger charge is 2.35. The molecule has 3 atom stereocenters. The monoisotopic (exact) mass is 657 g/mol. The van der Waals surface area contributed by atoms with Crippen molar-refractivity contribution in [2.45, 2.75) is 22.3 Å². The Morgan fingerprint density at radius 1 is 0.826 bits per heavy atom. The summed E-state index contributed by atoms with van der Waals surface area (Å²) in [6.07, 6.45) is 5.78. The Balaban J connectivity index is 1.23. The maximum absolute atomic E-state index is 14.0. The zero-order valence-corrected chi connectivity index (χ0v) is 26.3. The Labute approximate surface area is 269 Å². The van der Waals surface area contributed by atoms with Crippen LogP contribution in [0.25, 0.3) is 10.8 Å². The molecule has 0 saturated carbocycles. The second-order valence-electron chi connectivity index (χ2n) is 10.7. The number of nitrogens with one attached hydrogen (secondary N) is 1. The lowest BCUT2D eigenvalue weighted by Gasteiger charge is -2.37. The van der Waals surface area contributed by atoms with Crippen molar-refractivity contribution >= 4 is 43.3 Å². The standard InChI is InChI=1S/C33H31N5O6S2/c39-33(38-20-18-37(19-21-38)27-7-2-1-3-8-27)31(36-45(40,41)32-10-4-6-26-23-35-17-15-30(26)32)22-25-11-13-28(14-12-25)44-46(42,43)29-9-5-16-34-24-29/h1-17,23-24,31H,18-22H2,(H-2,36,40,41,42,43)/t31-/m0/s1. The molecule has 1 saturated heterocycles. The molecule has 3 aromatic carbocycles. The summed E-state index contributed by atoms with van der Waals surface area (Å²) in [5.74, 6) is -0.282. The average Bonchev–Trinajstić information content (AvgIpc) is 3.09. The number of carbonyl (C=O) groups is 1. The molecule has 5 aromatic rings. The van der Waals surface area contributed by atoms with Gasteiger partial charge in [0.25, 0.3) is 10.5 Å². The van der Waals surface area contributed by atoms with Crippen molar-refractivity contribution in [3.05, 3.63) is 121 Å². The summed E-state index contributed by atoms with van der Waals surface area (Å²) in [7, 11) is -8.25. The first-order chi connectivity index (χ1) is 22.2. The molecule has 0 aliphatic carbocycles. The quantitative estimate of drug-likeness (QED) is 0.219. The number of amides is 1. The Morgan fingerprint density at radius 2 is 1.57 bits per heavy atom. The molecule has 0 spiro atoms. The number of nitrogens with zero attached hydrogens (tertiary/aromatic N) is 4. The van der Waals surface area contributed by atoms with Gasteiger partial charge in [0.05, 0.1) is 6.20 Å². The Bertz CT molecular complexity index is 1900. The van der Waals surface area contributed by atoms with E-state index in [9.17, 15) is 22.3 Å². The molecule has 236 valence electrons. The molecule has 1 N–H and O–H groups in total. The van der Waals surface area contributed by atoms with Gasteiger partial charge in [0.1, 0.15) is 6.04 Å². The van der Waals surface area contributed by atoms with E-state index in [0.29, 0.717) is 42.5 Å². The molecule has 13 heteroatoms. The van der Waals surface area contributed by atoms with Gasteiger partial charge in [-0.2, -0.15) is 0 Å². The predicted molar refractivity (Wildman–Crippen MR) is 173 cm³/mol. The number of pyridine rings is 2.